The highest BCUT2D eigenvalue weighted by Gasteiger charge is 2.28. The predicted molar refractivity (Wildman–Crippen MR) is 134 cm³/mol. The Labute approximate surface area is 197 Å². The highest BCUT2D eigenvalue weighted by Crippen LogP contribution is 2.27. The molecule has 1 amide bonds. The lowest BCUT2D eigenvalue weighted by molar-refractivity contribution is -0.120. The van der Waals surface area contributed by atoms with Crippen LogP contribution in [0.5, 0.6) is 0 Å². The summed E-state index contributed by atoms with van der Waals surface area (Å²) in [7, 11) is -3.92. The molecule has 1 atom stereocenters. The Kier molecular flexibility index (Phi) is 8.28. The van der Waals surface area contributed by atoms with Crippen LogP contribution in [0.15, 0.2) is 83.8 Å². The minimum atomic E-state index is -3.92. The Morgan fingerprint density at radius 3 is 2.24 bits per heavy atom. The van der Waals surface area contributed by atoms with Crippen LogP contribution in [0.25, 0.3) is 0 Å². The predicted octanol–water partition coefficient (Wildman–Crippen LogP) is 4.89. The van der Waals surface area contributed by atoms with Crippen LogP contribution in [0.1, 0.15) is 37.0 Å². The number of benzene rings is 3. The Hall–Kier alpha value is -3.12. The van der Waals surface area contributed by atoms with Crippen LogP contribution < -0.4 is 9.62 Å². The van der Waals surface area contributed by atoms with Gasteiger partial charge < -0.3 is 5.32 Å². The molecule has 0 aromatic heterocycles. The van der Waals surface area contributed by atoms with Gasteiger partial charge in [0.15, 0.2) is 0 Å². The van der Waals surface area contributed by atoms with E-state index < -0.39 is 10.0 Å². The zero-order valence-electron chi connectivity index (χ0n) is 19.5. The quantitative estimate of drug-likeness (QED) is 0.465. The molecule has 3 rings (SSSR count). The van der Waals surface area contributed by atoms with E-state index in [0.29, 0.717) is 12.1 Å². The molecule has 1 N–H and O–H groups in total. The van der Waals surface area contributed by atoms with Crippen molar-refractivity contribution in [2.24, 2.45) is 0 Å². The van der Waals surface area contributed by atoms with E-state index in [1.165, 1.54) is 9.87 Å². The van der Waals surface area contributed by atoms with Crippen molar-refractivity contribution in [3.05, 3.63) is 95.6 Å². The van der Waals surface area contributed by atoms with Crippen LogP contribution in [0.2, 0.25) is 0 Å². The summed E-state index contributed by atoms with van der Waals surface area (Å²) in [5, 5.41) is 2.98. The van der Waals surface area contributed by atoms with Crippen LogP contribution in [-0.4, -0.2) is 26.9 Å². The molecular weight excluding hydrogens is 432 g/mol. The number of carbonyl (C=O) groups excluding carboxylic acids is 1. The van der Waals surface area contributed by atoms with Crippen molar-refractivity contribution in [3.8, 4) is 0 Å². The van der Waals surface area contributed by atoms with Crippen LogP contribution in [0.3, 0.4) is 0 Å². The number of aryl methyl sites for hydroxylation is 3. The van der Waals surface area contributed by atoms with E-state index in [4.69, 9.17) is 0 Å². The number of carbonyl (C=O) groups is 1. The fourth-order valence-electron chi connectivity index (χ4n) is 3.74. The largest absolute Gasteiger partial charge is 0.352 e. The minimum absolute atomic E-state index is 0.0805. The number of nitrogens with one attached hydrogen (secondary N) is 1. The summed E-state index contributed by atoms with van der Waals surface area (Å²) in [6.07, 6.45) is 2.27. The lowest BCUT2D eigenvalue weighted by atomic mass is 10.1. The van der Waals surface area contributed by atoms with Gasteiger partial charge in [-0.2, -0.15) is 0 Å². The smallest absolute Gasteiger partial charge is 0.264 e. The van der Waals surface area contributed by atoms with Gasteiger partial charge >= 0.3 is 0 Å². The van der Waals surface area contributed by atoms with Crippen molar-refractivity contribution in [1.82, 2.24) is 5.32 Å². The molecule has 5 nitrogen and oxygen atoms in total. The molecule has 3 aromatic carbocycles. The standard InChI is InChI=1S/C27H32N2O3S/c1-4-24-12-8-9-13-26(24)29(33(31,32)25-18-14-21(2)15-19-25)20-27(30)28-22(3)16-17-23-10-6-5-7-11-23/h5-15,18-19,22H,4,16-17,20H2,1-3H3,(H,28,30)/t22-/m1/s1. The van der Waals surface area contributed by atoms with E-state index in [0.717, 1.165) is 24.0 Å². The lowest BCUT2D eigenvalue weighted by Crippen LogP contribution is -2.44. The summed E-state index contributed by atoms with van der Waals surface area (Å²) in [4.78, 5) is 13.1. The molecule has 0 saturated heterocycles. The molecule has 0 bridgehead atoms. The number of hydrogen-bond acceptors (Lipinski definition) is 3. The molecule has 3 aromatic rings. The van der Waals surface area contributed by atoms with Crippen LogP contribution in [0, 0.1) is 6.92 Å². The number of para-hydroxylation sites is 1. The van der Waals surface area contributed by atoms with Crippen molar-refractivity contribution in [2.75, 3.05) is 10.8 Å². The molecule has 0 aliphatic carbocycles. The molecule has 33 heavy (non-hydrogen) atoms. The van der Waals surface area contributed by atoms with Crippen molar-refractivity contribution >= 4 is 21.6 Å². The summed E-state index contributed by atoms with van der Waals surface area (Å²) in [5.74, 6) is -0.322. The van der Waals surface area contributed by atoms with Gasteiger partial charge in [0.1, 0.15) is 6.54 Å². The van der Waals surface area contributed by atoms with Gasteiger partial charge in [-0.1, -0.05) is 73.2 Å². The average Bonchev–Trinajstić information content (AvgIpc) is 2.82. The monoisotopic (exact) mass is 464 g/mol. The summed E-state index contributed by atoms with van der Waals surface area (Å²) in [5.41, 5.74) is 3.59. The highest BCUT2D eigenvalue weighted by atomic mass is 32.2. The third-order valence-corrected chi connectivity index (χ3v) is 7.43. The van der Waals surface area contributed by atoms with E-state index >= 15 is 0 Å². The molecule has 0 heterocycles. The molecule has 0 radical (unpaired) electrons. The molecule has 0 aliphatic rings. The molecule has 174 valence electrons. The number of anilines is 1. The Balaban J connectivity index is 1.81. The zero-order valence-corrected chi connectivity index (χ0v) is 20.3. The molecular formula is C27H32N2O3S. The fourth-order valence-corrected chi connectivity index (χ4v) is 5.20. The topological polar surface area (TPSA) is 66.5 Å². The number of hydrogen-bond donors (Lipinski definition) is 1. The normalized spacial score (nSPS) is 12.2. The van der Waals surface area contributed by atoms with Crippen molar-refractivity contribution in [1.29, 1.82) is 0 Å². The second kappa shape index (κ2) is 11.1. The SMILES string of the molecule is CCc1ccccc1N(CC(=O)N[C@H](C)CCc1ccccc1)S(=O)(=O)c1ccc(C)cc1. The highest BCUT2D eigenvalue weighted by molar-refractivity contribution is 7.92. The summed E-state index contributed by atoms with van der Waals surface area (Å²) in [6, 6.07) is 24.1. The molecule has 0 unspecified atom stereocenters. The van der Waals surface area contributed by atoms with Crippen molar-refractivity contribution in [3.63, 3.8) is 0 Å². The van der Waals surface area contributed by atoms with Gasteiger partial charge in [-0.25, -0.2) is 8.42 Å². The van der Waals surface area contributed by atoms with Gasteiger partial charge in [0.2, 0.25) is 5.91 Å². The summed E-state index contributed by atoms with van der Waals surface area (Å²) >= 11 is 0. The van der Waals surface area contributed by atoms with Gasteiger partial charge in [-0.3, -0.25) is 9.10 Å². The maximum atomic E-state index is 13.6. The van der Waals surface area contributed by atoms with Gasteiger partial charge in [-0.05, 0) is 62.4 Å². The number of sulfonamides is 1. The van der Waals surface area contributed by atoms with E-state index in [1.807, 2.05) is 51.1 Å². The first-order valence-electron chi connectivity index (χ1n) is 11.3. The van der Waals surface area contributed by atoms with E-state index in [-0.39, 0.29) is 23.4 Å². The van der Waals surface area contributed by atoms with Gasteiger partial charge in [0.25, 0.3) is 10.0 Å². The molecule has 0 saturated carbocycles. The Bertz CT molecular complexity index is 1160. The maximum Gasteiger partial charge on any atom is 0.264 e. The summed E-state index contributed by atoms with van der Waals surface area (Å²) < 4.78 is 28.4. The first-order valence-corrected chi connectivity index (χ1v) is 12.8. The van der Waals surface area contributed by atoms with E-state index in [2.05, 4.69) is 17.4 Å². The third-order valence-electron chi connectivity index (χ3n) is 5.65. The Morgan fingerprint density at radius 2 is 1.58 bits per heavy atom. The number of nitrogens with zero attached hydrogens (tertiary/aromatic N) is 1. The number of amides is 1. The van der Waals surface area contributed by atoms with E-state index in [1.54, 1.807) is 36.4 Å². The average molecular weight is 465 g/mol. The zero-order chi connectivity index (χ0) is 23.8. The second-order valence-corrected chi connectivity index (χ2v) is 10.2. The van der Waals surface area contributed by atoms with Crippen molar-refractivity contribution < 1.29 is 13.2 Å². The Morgan fingerprint density at radius 1 is 0.939 bits per heavy atom. The van der Waals surface area contributed by atoms with Crippen molar-refractivity contribution in [2.45, 2.75) is 51.0 Å². The molecule has 0 spiro atoms. The molecule has 6 heteroatoms. The van der Waals surface area contributed by atoms with Crippen LogP contribution in [-0.2, 0) is 27.7 Å². The first kappa shape index (κ1) is 24.5. The molecule has 0 fully saturated rings. The van der Waals surface area contributed by atoms with Crippen LogP contribution in [0.4, 0.5) is 5.69 Å². The third kappa shape index (κ3) is 6.45. The maximum absolute atomic E-state index is 13.6. The minimum Gasteiger partial charge on any atom is -0.352 e. The van der Waals surface area contributed by atoms with E-state index in [9.17, 15) is 13.2 Å². The first-order chi connectivity index (χ1) is 15.8. The summed E-state index contributed by atoms with van der Waals surface area (Å²) in [6.45, 7) is 5.55. The second-order valence-electron chi connectivity index (χ2n) is 8.30. The number of rotatable bonds is 10. The van der Waals surface area contributed by atoms with Crippen LogP contribution >= 0.6 is 0 Å². The van der Waals surface area contributed by atoms with Gasteiger partial charge in [-0.15, -0.1) is 0 Å². The fraction of sp³-hybridized carbons (Fsp3) is 0.296. The van der Waals surface area contributed by atoms with Gasteiger partial charge in [0.05, 0.1) is 10.6 Å². The van der Waals surface area contributed by atoms with Gasteiger partial charge in [0, 0.05) is 6.04 Å². The molecule has 0 aliphatic heterocycles. The lowest BCUT2D eigenvalue weighted by Gasteiger charge is -2.27.